The monoisotopic (exact) mass is 347 g/mol. The highest BCUT2D eigenvalue weighted by molar-refractivity contribution is 5.85. The van der Waals surface area contributed by atoms with Crippen molar-refractivity contribution >= 4 is 12.4 Å². The second-order valence-corrected chi connectivity index (χ2v) is 6.29. The number of aromatic hydroxyl groups is 1. The number of phenolic OH excluding ortho intramolecular Hbond substituents is 1. The van der Waals surface area contributed by atoms with E-state index in [4.69, 9.17) is 4.74 Å². The van der Waals surface area contributed by atoms with Crippen LogP contribution in [0.15, 0.2) is 54.6 Å². The van der Waals surface area contributed by atoms with Crippen molar-refractivity contribution in [2.24, 2.45) is 5.92 Å². The Balaban J connectivity index is 0.00000208. The van der Waals surface area contributed by atoms with Gasteiger partial charge >= 0.3 is 0 Å². The highest BCUT2D eigenvalue weighted by Gasteiger charge is 2.19. The minimum Gasteiger partial charge on any atom is -0.504 e. The summed E-state index contributed by atoms with van der Waals surface area (Å²) in [6.07, 6.45) is 3.71. The number of rotatable bonds is 6. The van der Waals surface area contributed by atoms with Gasteiger partial charge in [-0.1, -0.05) is 42.5 Å². The first-order chi connectivity index (χ1) is 11.3. The van der Waals surface area contributed by atoms with E-state index in [0.29, 0.717) is 12.4 Å². The third kappa shape index (κ3) is 5.43. The molecule has 0 saturated carbocycles. The van der Waals surface area contributed by atoms with E-state index in [-0.39, 0.29) is 18.2 Å². The molecule has 1 aliphatic rings. The normalized spacial score (nSPS) is 15.7. The summed E-state index contributed by atoms with van der Waals surface area (Å²) >= 11 is 0. The molecule has 1 fully saturated rings. The number of para-hydroxylation sites is 2. The summed E-state index contributed by atoms with van der Waals surface area (Å²) in [5.74, 6) is 1.59. The lowest BCUT2D eigenvalue weighted by Gasteiger charge is -2.31. The molecule has 24 heavy (non-hydrogen) atoms. The number of piperidine rings is 1. The number of nitrogens with zero attached hydrogens (tertiary/aromatic N) is 1. The summed E-state index contributed by atoms with van der Waals surface area (Å²) in [7, 11) is 0. The van der Waals surface area contributed by atoms with Crippen LogP contribution < -0.4 is 4.74 Å². The predicted octanol–water partition coefficient (Wildman–Crippen LogP) is 4.15. The van der Waals surface area contributed by atoms with Crippen LogP contribution in [0.1, 0.15) is 18.4 Å². The fraction of sp³-hybridized carbons (Fsp3) is 0.400. The smallest absolute Gasteiger partial charge is 0.160 e. The van der Waals surface area contributed by atoms with Crippen molar-refractivity contribution in [1.29, 1.82) is 0 Å². The molecule has 2 aromatic carbocycles. The standard InChI is InChI=1S/C20H25NO2.ClH/c22-19-8-4-5-9-20(19)23-15-14-21-12-10-18(11-13-21)16-17-6-2-1-3-7-17;/h1-9,18,22H,10-16H2;1H. The predicted molar refractivity (Wildman–Crippen MR) is 100 cm³/mol. The fourth-order valence-corrected chi connectivity index (χ4v) is 3.23. The summed E-state index contributed by atoms with van der Waals surface area (Å²) in [6.45, 7) is 3.83. The van der Waals surface area contributed by atoms with E-state index in [1.807, 2.05) is 6.07 Å². The van der Waals surface area contributed by atoms with Crippen LogP contribution in [0.4, 0.5) is 0 Å². The van der Waals surface area contributed by atoms with Gasteiger partial charge < -0.3 is 9.84 Å². The summed E-state index contributed by atoms with van der Waals surface area (Å²) in [4.78, 5) is 2.46. The third-order valence-electron chi connectivity index (χ3n) is 4.60. The summed E-state index contributed by atoms with van der Waals surface area (Å²) < 4.78 is 5.67. The van der Waals surface area contributed by atoms with Crippen LogP contribution in [-0.4, -0.2) is 36.2 Å². The van der Waals surface area contributed by atoms with Gasteiger partial charge in [0.2, 0.25) is 0 Å². The molecule has 0 bridgehead atoms. The maximum atomic E-state index is 9.68. The van der Waals surface area contributed by atoms with Gasteiger partial charge in [-0.25, -0.2) is 0 Å². The molecule has 0 spiro atoms. The van der Waals surface area contributed by atoms with Crippen LogP contribution in [0.25, 0.3) is 0 Å². The van der Waals surface area contributed by atoms with Crippen molar-refractivity contribution < 1.29 is 9.84 Å². The number of benzene rings is 2. The molecular weight excluding hydrogens is 322 g/mol. The largest absolute Gasteiger partial charge is 0.504 e. The Hall–Kier alpha value is -1.71. The van der Waals surface area contributed by atoms with Gasteiger partial charge in [0, 0.05) is 6.54 Å². The SMILES string of the molecule is Cl.Oc1ccccc1OCCN1CCC(Cc2ccccc2)CC1. The van der Waals surface area contributed by atoms with E-state index in [1.54, 1.807) is 18.2 Å². The molecule has 2 aromatic rings. The molecule has 1 N–H and O–H groups in total. The Morgan fingerprint density at radius 2 is 1.62 bits per heavy atom. The average Bonchev–Trinajstić information content (AvgIpc) is 2.59. The zero-order valence-electron chi connectivity index (χ0n) is 13.9. The molecule has 1 aliphatic heterocycles. The minimum atomic E-state index is 0. The van der Waals surface area contributed by atoms with E-state index in [0.717, 1.165) is 25.6 Å². The molecule has 1 saturated heterocycles. The Morgan fingerprint density at radius 1 is 0.958 bits per heavy atom. The molecule has 0 atom stereocenters. The highest BCUT2D eigenvalue weighted by Crippen LogP contribution is 2.25. The summed E-state index contributed by atoms with van der Waals surface area (Å²) in [5, 5.41) is 9.68. The lowest BCUT2D eigenvalue weighted by Crippen LogP contribution is -2.37. The molecule has 3 nitrogen and oxygen atoms in total. The Labute approximate surface area is 150 Å². The molecule has 4 heteroatoms. The van der Waals surface area contributed by atoms with Gasteiger partial charge in [-0.2, -0.15) is 0 Å². The van der Waals surface area contributed by atoms with Gasteiger partial charge in [0.15, 0.2) is 11.5 Å². The van der Waals surface area contributed by atoms with Crippen molar-refractivity contribution in [3.63, 3.8) is 0 Å². The third-order valence-corrected chi connectivity index (χ3v) is 4.60. The number of hydrogen-bond donors (Lipinski definition) is 1. The molecular formula is C20H26ClNO2. The first kappa shape index (κ1) is 18.6. The number of likely N-dealkylation sites (tertiary alicyclic amines) is 1. The topological polar surface area (TPSA) is 32.7 Å². The molecule has 130 valence electrons. The van der Waals surface area contributed by atoms with Crippen LogP contribution >= 0.6 is 12.4 Å². The van der Waals surface area contributed by atoms with Crippen LogP contribution in [-0.2, 0) is 6.42 Å². The maximum absolute atomic E-state index is 9.68. The van der Waals surface area contributed by atoms with Crippen LogP contribution in [0.5, 0.6) is 11.5 Å². The maximum Gasteiger partial charge on any atom is 0.160 e. The first-order valence-corrected chi connectivity index (χ1v) is 8.48. The number of halogens is 1. The number of hydrogen-bond acceptors (Lipinski definition) is 3. The van der Waals surface area contributed by atoms with Gasteiger partial charge in [-0.05, 0) is 56.0 Å². The van der Waals surface area contributed by atoms with Gasteiger partial charge in [-0.15, -0.1) is 12.4 Å². The molecule has 0 radical (unpaired) electrons. The summed E-state index contributed by atoms with van der Waals surface area (Å²) in [5.41, 5.74) is 1.45. The van der Waals surface area contributed by atoms with Crippen molar-refractivity contribution in [2.45, 2.75) is 19.3 Å². The van der Waals surface area contributed by atoms with E-state index in [1.165, 1.54) is 24.8 Å². The van der Waals surface area contributed by atoms with Crippen LogP contribution in [0.3, 0.4) is 0 Å². The molecule has 3 rings (SSSR count). The van der Waals surface area contributed by atoms with Gasteiger partial charge in [-0.3, -0.25) is 4.90 Å². The average molecular weight is 348 g/mol. The highest BCUT2D eigenvalue weighted by atomic mass is 35.5. The van der Waals surface area contributed by atoms with Gasteiger partial charge in [0.1, 0.15) is 6.61 Å². The first-order valence-electron chi connectivity index (χ1n) is 8.48. The molecule has 1 heterocycles. The lowest BCUT2D eigenvalue weighted by atomic mass is 9.90. The Morgan fingerprint density at radius 3 is 2.33 bits per heavy atom. The minimum absolute atomic E-state index is 0. The zero-order chi connectivity index (χ0) is 15.9. The molecule has 0 amide bonds. The quantitative estimate of drug-likeness (QED) is 0.852. The van der Waals surface area contributed by atoms with Crippen LogP contribution in [0.2, 0.25) is 0 Å². The van der Waals surface area contributed by atoms with E-state index in [9.17, 15) is 5.11 Å². The zero-order valence-corrected chi connectivity index (χ0v) is 14.8. The van der Waals surface area contributed by atoms with Crippen molar-refractivity contribution in [1.82, 2.24) is 4.90 Å². The summed E-state index contributed by atoms with van der Waals surface area (Å²) in [6, 6.07) is 17.9. The number of ether oxygens (including phenoxy) is 1. The number of phenols is 1. The van der Waals surface area contributed by atoms with E-state index >= 15 is 0 Å². The molecule has 0 unspecified atom stereocenters. The Kier molecular flexibility index (Phi) is 7.41. The van der Waals surface area contributed by atoms with Crippen molar-refractivity contribution in [2.75, 3.05) is 26.2 Å². The van der Waals surface area contributed by atoms with Crippen molar-refractivity contribution in [3.05, 3.63) is 60.2 Å². The Bertz CT molecular complexity index is 598. The van der Waals surface area contributed by atoms with Gasteiger partial charge in [0.05, 0.1) is 0 Å². The van der Waals surface area contributed by atoms with Crippen molar-refractivity contribution in [3.8, 4) is 11.5 Å². The molecule has 0 aromatic heterocycles. The van der Waals surface area contributed by atoms with Gasteiger partial charge in [0.25, 0.3) is 0 Å². The molecule has 0 aliphatic carbocycles. The van der Waals surface area contributed by atoms with E-state index in [2.05, 4.69) is 35.2 Å². The second kappa shape index (κ2) is 9.55. The fourth-order valence-electron chi connectivity index (χ4n) is 3.23. The second-order valence-electron chi connectivity index (χ2n) is 6.29. The lowest BCUT2D eigenvalue weighted by molar-refractivity contribution is 0.153. The van der Waals surface area contributed by atoms with E-state index < -0.39 is 0 Å². The van der Waals surface area contributed by atoms with Crippen LogP contribution in [0, 0.1) is 5.92 Å².